The molecule has 1 saturated heterocycles. The van der Waals surface area contributed by atoms with Gasteiger partial charge in [-0.2, -0.15) is 0 Å². The fourth-order valence-corrected chi connectivity index (χ4v) is 2.47. The van der Waals surface area contributed by atoms with E-state index in [9.17, 15) is 9.90 Å². The van der Waals surface area contributed by atoms with Crippen molar-refractivity contribution in [3.05, 3.63) is 29.8 Å². The molecule has 98 valence electrons. The second-order valence-corrected chi connectivity index (χ2v) is 4.55. The van der Waals surface area contributed by atoms with Crippen molar-refractivity contribution in [2.75, 3.05) is 20.3 Å². The van der Waals surface area contributed by atoms with Gasteiger partial charge in [-0.15, -0.1) is 0 Å². The molecule has 2 rings (SSSR count). The molecule has 0 spiro atoms. The van der Waals surface area contributed by atoms with Crippen molar-refractivity contribution in [2.45, 2.75) is 25.3 Å². The van der Waals surface area contributed by atoms with Gasteiger partial charge in [0.2, 0.25) is 5.91 Å². The van der Waals surface area contributed by atoms with Crippen molar-refractivity contribution in [1.29, 1.82) is 0 Å². The first-order chi connectivity index (χ1) is 8.76. The predicted octanol–water partition coefficient (Wildman–Crippen LogP) is 1.22. The van der Waals surface area contributed by atoms with Gasteiger partial charge in [0.25, 0.3) is 0 Å². The highest BCUT2D eigenvalue weighted by atomic mass is 16.5. The van der Waals surface area contributed by atoms with Crippen LogP contribution in [0, 0.1) is 0 Å². The summed E-state index contributed by atoms with van der Waals surface area (Å²) in [7, 11) is 1.61. The lowest BCUT2D eigenvalue weighted by Gasteiger charge is -2.23. The predicted molar refractivity (Wildman–Crippen MR) is 68.5 cm³/mol. The zero-order valence-electron chi connectivity index (χ0n) is 10.6. The van der Waals surface area contributed by atoms with Crippen LogP contribution in [0.15, 0.2) is 24.3 Å². The molecule has 1 heterocycles. The van der Waals surface area contributed by atoms with E-state index in [1.807, 2.05) is 24.3 Å². The summed E-state index contributed by atoms with van der Waals surface area (Å²) in [6.07, 6.45) is 2.21. The first-order valence-corrected chi connectivity index (χ1v) is 6.28. The molecular weight excluding hydrogens is 230 g/mol. The molecule has 1 amide bonds. The number of aliphatic hydroxyl groups is 1. The van der Waals surface area contributed by atoms with Gasteiger partial charge < -0.3 is 14.7 Å². The summed E-state index contributed by atoms with van der Waals surface area (Å²) in [4.78, 5) is 14.0. The summed E-state index contributed by atoms with van der Waals surface area (Å²) in [5.41, 5.74) is 0.897. The van der Waals surface area contributed by atoms with E-state index in [-0.39, 0.29) is 18.6 Å². The summed E-state index contributed by atoms with van der Waals surface area (Å²) < 4.78 is 5.24. The quantitative estimate of drug-likeness (QED) is 0.873. The normalized spacial score (nSPS) is 19.0. The number of amides is 1. The number of likely N-dealkylation sites (tertiary alicyclic amines) is 1. The van der Waals surface area contributed by atoms with Crippen LogP contribution in [0.2, 0.25) is 0 Å². The van der Waals surface area contributed by atoms with Gasteiger partial charge in [-0.25, -0.2) is 0 Å². The van der Waals surface area contributed by atoms with Gasteiger partial charge in [-0.1, -0.05) is 18.2 Å². The fourth-order valence-electron chi connectivity index (χ4n) is 2.47. The smallest absolute Gasteiger partial charge is 0.227 e. The summed E-state index contributed by atoms with van der Waals surface area (Å²) in [5.74, 6) is 0.807. The van der Waals surface area contributed by atoms with Crippen LogP contribution in [-0.4, -0.2) is 42.2 Å². The molecular formula is C14H19NO3. The van der Waals surface area contributed by atoms with E-state index >= 15 is 0 Å². The van der Waals surface area contributed by atoms with E-state index in [4.69, 9.17) is 4.74 Å². The minimum absolute atomic E-state index is 0.00722. The number of para-hydroxylation sites is 1. The third-order valence-electron chi connectivity index (χ3n) is 3.44. The second kappa shape index (κ2) is 5.87. The summed E-state index contributed by atoms with van der Waals surface area (Å²) in [5, 5.41) is 9.23. The SMILES string of the molecule is COc1ccccc1CC(=O)N1CCC[C@H]1CO. The van der Waals surface area contributed by atoms with E-state index in [1.54, 1.807) is 12.0 Å². The van der Waals surface area contributed by atoms with Gasteiger partial charge in [-0.05, 0) is 18.9 Å². The number of aliphatic hydroxyl groups excluding tert-OH is 1. The second-order valence-electron chi connectivity index (χ2n) is 4.55. The molecule has 1 N–H and O–H groups in total. The lowest BCUT2D eigenvalue weighted by atomic mass is 10.1. The Labute approximate surface area is 107 Å². The van der Waals surface area contributed by atoms with Crippen molar-refractivity contribution >= 4 is 5.91 Å². The average Bonchev–Trinajstić information content (AvgIpc) is 2.87. The highest BCUT2D eigenvalue weighted by Crippen LogP contribution is 2.22. The molecule has 1 aromatic carbocycles. The zero-order valence-corrected chi connectivity index (χ0v) is 10.6. The van der Waals surface area contributed by atoms with Crippen LogP contribution in [0.3, 0.4) is 0 Å². The molecule has 4 nitrogen and oxygen atoms in total. The monoisotopic (exact) mass is 249 g/mol. The number of methoxy groups -OCH3 is 1. The van der Waals surface area contributed by atoms with Crippen LogP contribution < -0.4 is 4.74 Å². The molecule has 1 fully saturated rings. The van der Waals surface area contributed by atoms with Crippen LogP contribution in [0.4, 0.5) is 0 Å². The van der Waals surface area contributed by atoms with E-state index in [0.717, 1.165) is 30.7 Å². The van der Waals surface area contributed by atoms with Gasteiger partial charge >= 0.3 is 0 Å². The Kier molecular flexibility index (Phi) is 4.20. The molecule has 1 atom stereocenters. The molecule has 0 aromatic heterocycles. The third kappa shape index (κ3) is 2.64. The summed E-state index contributed by atoms with van der Waals surface area (Å²) in [6.45, 7) is 0.802. The van der Waals surface area contributed by atoms with Crippen LogP contribution in [0.1, 0.15) is 18.4 Å². The molecule has 0 bridgehead atoms. The van der Waals surface area contributed by atoms with E-state index in [1.165, 1.54) is 0 Å². The maximum atomic E-state index is 12.2. The number of ether oxygens (including phenoxy) is 1. The van der Waals surface area contributed by atoms with Crippen molar-refractivity contribution in [1.82, 2.24) is 4.90 Å². The fraction of sp³-hybridized carbons (Fsp3) is 0.500. The topological polar surface area (TPSA) is 49.8 Å². The van der Waals surface area contributed by atoms with Crippen molar-refractivity contribution in [3.8, 4) is 5.75 Å². The molecule has 0 unspecified atom stereocenters. The number of carbonyl (C=O) groups excluding carboxylic acids is 1. The molecule has 0 radical (unpaired) electrons. The van der Waals surface area contributed by atoms with Crippen molar-refractivity contribution in [3.63, 3.8) is 0 Å². The van der Waals surface area contributed by atoms with Gasteiger partial charge in [0.05, 0.1) is 26.2 Å². The first-order valence-electron chi connectivity index (χ1n) is 6.28. The van der Waals surface area contributed by atoms with Crippen LogP contribution in [0.25, 0.3) is 0 Å². The number of rotatable bonds is 4. The van der Waals surface area contributed by atoms with Gasteiger partial charge in [0.15, 0.2) is 0 Å². The number of carbonyl (C=O) groups is 1. The molecule has 0 saturated carbocycles. The molecule has 0 aliphatic carbocycles. The molecule has 1 aliphatic rings. The van der Waals surface area contributed by atoms with Crippen LogP contribution >= 0.6 is 0 Å². The molecule has 18 heavy (non-hydrogen) atoms. The maximum absolute atomic E-state index is 12.2. The summed E-state index contributed by atoms with van der Waals surface area (Å²) in [6, 6.07) is 7.54. The molecule has 1 aliphatic heterocycles. The number of benzene rings is 1. The average molecular weight is 249 g/mol. The van der Waals surface area contributed by atoms with Crippen LogP contribution in [0.5, 0.6) is 5.75 Å². The Morgan fingerprint density at radius 3 is 3.00 bits per heavy atom. The zero-order chi connectivity index (χ0) is 13.0. The standard InChI is InChI=1S/C14H19NO3/c1-18-13-7-3-2-5-11(13)9-14(17)15-8-4-6-12(15)10-16/h2-3,5,7,12,16H,4,6,8-10H2,1H3/t12-/m0/s1. The minimum Gasteiger partial charge on any atom is -0.496 e. The Morgan fingerprint density at radius 2 is 2.28 bits per heavy atom. The Morgan fingerprint density at radius 1 is 1.50 bits per heavy atom. The van der Waals surface area contributed by atoms with Gasteiger partial charge in [0.1, 0.15) is 5.75 Å². The van der Waals surface area contributed by atoms with E-state index in [2.05, 4.69) is 0 Å². The highest BCUT2D eigenvalue weighted by Gasteiger charge is 2.28. The van der Waals surface area contributed by atoms with Crippen molar-refractivity contribution in [2.24, 2.45) is 0 Å². The van der Waals surface area contributed by atoms with E-state index < -0.39 is 0 Å². The third-order valence-corrected chi connectivity index (χ3v) is 3.44. The van der Waals surface area contributed by atoms with Crippen LogP contribution in [-0.2, 0) is 11.2 Å². The summed E-state index contributed by atoms with van der Waals surface area (Å²) >= 11 is 0. The Balaban J connectivity index is 2.07. The minimum atomic E-state index is -0.00722. The number of hydrogen-bond donors (Lipinski definition) is 1. The molecule has 4 heteroatoms. The maximum Gasteiger partial charge on any atom is 0.227 e. The lowest BCUT2D eigenvalue weighted by molar-refractivity contribution is -0.132. The number of hydrogen-bond acceptors (Lipinski definition) is 3. The van der Waals surface area contributed by atoms with Gasteiger partial charge in [-0.3, -0.25) is 4.79 Å². The van der Waals surface area contributed by atoms with Crippen molar-refractivity contribution < 1.29 is 14.6 Å². The number of nitrogens with zero attached hydrogens (tertiary/aromatic N) is 1. The lowest BCUT2D eigenvalue weighted by Crippen LogP contribution is -2.38. The Bertz CT molecular complexity index is 419. The van der Waals surface area contributed by atoms with Gasteiger partial charge in [0, 0.05) is 12.1 Å². The Hall–Kier alpha value is -1.55. The van der Waals surface area contributed by atoms with E-state index in [0.29, 0.717) is 6.42 Å². The highest BCUT2D eigenvalue weighted by molar-refractivity contribution is 5.80. The first kappa shape index (κ1) is 12.9. The molecule has 1 aromatic rings. The largest absolute Gasteiger partial charge is 0.496 e.